The predicted octanol–water partition coefficient (Wildman–Crippen LogP) is 2.34. The van der Waals surface area contributed by atoms with Crippen molar-refractivity contribution in [1.29, 1.82) is 0 Å². The van der Waals surface area contributed by atoms with Crippen molar-refractivity contribution in [3.8, 4) is 5.75 Å². The summed E-state index contributed by atoms with van der Waals surface area (Å²) in [5.41, 5.74) is 1.06. The number of nitrogens with zero attached hydrogens (tertiary/aromatic N) is 3. The molecule has 1 heterocycles. The van der Waals surface area contributed by atoms with Gasteiger partial charge in [-0.1, -0.05) is 0 Å². The number of hydrogen-bond donors (Lipinski definition) is 2. The first-order valence-electron chi connectivity index (χ1n) is 5.28. The van der Waals surface area contributed by atoms with Crippen molar-refractivity contribution in [1.82, 2.24) is 20.1 Å². The molecule has 0 unspecified atom stereocenters. The molecule has 0 aliphatic heterocycles. The number of halogens is 2. The Morgan fingerprint density at radius 2 is 1.94 bits per heavy atom. The molecule has 0 saturated heterocycles. The average molecular weight is 376 g/mol. The van der Waals surface area contributed by atoms with Crippen molar-refractivity contribution in [3.63, 3.8) is 0 Å². The van der Waals surface area contributed by atoms with Crippen LogP contribution in [0.4, 0.5) is 0 Å². The molecule has 0 bridgehead atoms. The maximum absolute atomic E-state index is 9.61. The standard InChI is InChI=1S/C11H12Br2N4O/c1-17-6-15-16-10(17)5-14-4-7-2-8(12)11(18)9(13)3-7/h2-3,6,14,18H,4-5H2,1H3. The van der Waals surface area contributed by atoms with E-state index in [0.29, 0.717) is 22.0 Å². The van der Waals surface area contributed by atoms with Crippen molar-refractivity contribution in [3.05, 3.63) is 38.8 Å². The van der Waals surface area contributed by atoms with Crippen molar-refractivity contribution in [2.45, 2.75) is 13.1 Å². The zero-order valence-corrected chi connectivity index (χ0v) is 12.9. The largest absolute Gasteiger partial charge is 0.506 e. The highest BCUT2D eigenvalue weighted by Crippen LogP contribution is 2.33. The minimum Gasteiger partial charge on any atom is -0.506 e. The lowest BCUT2D eigenvalue weighted by atomic mass is 10.2. The summed E-state index contributed by atoms with van der Waals surface area (Å²) >= 11 is 6.61. The zero-order valence-electron chi connectivity index (χ0n) is 9.69. The summed E-state index contributed by atoms with van der Waals surface area (Å²) in [5, 5.41) is 20.7. The van der Waals surface area contributed by atoms with Gasteiger partial charge in [-0.25, -0.2) is 0 Å². The Morgan fingerprint density at radius 1 is 1.28 bits per heavy atom. The number of aromatic hydroxyl groups is 1. The molecule has 0 spiro atoms. The van der Waals surface area contributed by atoms with E-state index in [1.807, 2.05) is 23.7 Å². The van der Waals surface area contributed by atoms with Gasteiger partial charge in [0.05, 0.1) is 15.5 Å². The average Bonchev–Trinajstić information content (AvgIpc) is 2.72. The van der Waals surface area contributed by atoms with Crippen LogP contribution in [0.3, 0.4) is 0 Å². The Hall–Kier alpha value is -0.920. The molecule has 1 aromatic carbocycles. The third-order valence-corrected chi connectivity index (χ3v) is 3.70. The second kappa shape index (κ2) is 5.81. The van der Waals surface area contributed by atoms with Crippen LogP contribution in [0, 0.1) is 0 Å². The second-order valence-electron chi connectivity index (χ2n) is 3.87. The van der Waals surface area contributed by atoms with Gasteiger partial charge in [0.1, 0.15) is 17.9 Å². The third-order valence-electron chi connectivity index (χ3n) is 2.49. The molecule has 0 atom stereocenters. The highest BCUT2D eigenvalue weighted by molar-refractivity contribution is 9.11. The van der Waals surface area contributed by atoms with E-state index in [1.54, 1.807) is 6.33 Å². The minimum atomic E-state index is 0.215. The second-order valence-corrected chi connectivity index (χ2v) is 5.58. The number of hydrogen-bond acceptors (Lipinski definition) is 4. The first-order chi connectivity index (χ1) is 8.58. The van der Waals surface area contributed by atoms with E-state index in [4.69, 9.17) is 0 Å². The van der Waals surface area contributed by atoms with E-state index >= 15 is 0 Å². The summed E-state index contributed by atoms with van der Waals surface area (Å²) in [4.78, 5) is 0. The van der Waals surface area contributed by atoms with Gasteiger partial charge in [-0.05, 0) is 49.6 Å². The molecule has 0 fully saturated rings. The maximum Gasteiger partial charge on any atom is 0.146 e. The Balaban J connectivity index is 1.97. The number of nitrogens with one attached hydrogen (secondary N) is 1. The smallest absolute Gasteiger partial charge is 0.146 e. The molecule has 18 heavy (non-hydrogen) atoms. The van der Waals surface area contributed by atoms with Crippen molar-refractivity contribution in [2.75, 3.05) is 0 Å². The molecule has 2 N–H and O–H groups in total. The topological polar surface area (TPSA) is 63.0 Å². The van der Waals surface area contributed by atoms with Gasteiger partial charge in [-0.15, -0.1) is 10.2 Å². The number of benzene rings is 1. The fraction of sp³-hybridized carbons (Fsp3) is 0.273. The van der Waals surface area contributed by atoms with Gasteiger partial charge in [0.2, 0.25) is 0 Å². The van der Waals surface area contributed by atoms with Crippen LogP contribution in [0.15, 0.2) is 27.4 Å². The van der Waals surface area contributed by atoms with Crippen LogP contribution in [0.5, 0.6) is 5.75 Å². The normalized spacial score (nSPS) is 10.8. The van der Waals surface area contributed by atoms with Crippen molar-refractivity contribution >= 4 is 31.9 Å². The highest BCUT2D eigenvalue weighted by atomic mass is 79.9. The summed E-state index contributed by atoms with van der Waals surface area (Å²) in [7, 11) is 1.91. The molecule has 1 aromatic heterocycles. The van der Waals surface area contributed by atoms with Gasteiger partial charge in [0, 0.05) is 13.6 Å². The van der Waals surface area contributed by atoms with E-state index in [-0.39, 0.29) is 5.75 Å². The van der Waals surface area contributed by atoms with Crippen LogP contribution >= 0.6 is 31.9 Å². The summed E-state index contributed by atoms with van der Waals surface area (Å²) in [6.45, 7) is 1.33. The Labute approximate surface area is 121 Å². The Kier molecular flexibility index (Phi) is 4.36. The van der Waals surface area contributed by atoms with Gasteiger partial charge in [-0.2, -0.15) is 0 Å². The van der Waals surface area contributed by atoms with Crippen LogP contribution in [-0.2, 0) is 20.1 Å². The van der Waals surface area contributed by atoms with Gasteiger partial charge < -0.3 is 15.0 Å². The lowest BCUT2D eigenvalue weighted by Gasteiger charge is -2.07. The van der Waals surface area contributed by atoms with Gasteiger partial charge in [0.25, 0.3) is 0 Å². The summed E-state index contributed by atoms with van der Waals surface area (Å²) < 4.78 is 3.22. The fourth-order valence-corrected chi connectivity index (χ4v) is 2.79. The monoisotopic (exact) mass is 374 g/mol. The molecule has 2 aromatic rings. The van der Waals surface area contributed by atoms with Crippen molar-refractivity contribution in [2.24, 2.45) is 7.05 Å². The molecule has 0 saturated carbocycles. The fourth-order valence-electron chi connectivity index (χ4n) is 1.51. The van der Waals surface area contributed by atoms with E-state index < -0.39 is 0 Å². The van der Waals surface area contributed by atoms with Gasteiger partial charge >= 0.3 is 0 Å². The molecule has 7 heteroatoms. The quantitative estimate of drug-likeness (QED) is 0.860. The number of phenolic OH excluding ortho intramolecular Hbond substituents is 1. The molecule has 0 radical (unpaired) electrons. The number of aryl methyl sites for hydroxylation is 1. The molecular formula is C11H12Br2N4O. The molecule has 0 amide bonds. The Bertz CT molecular complexity index is 533. The number of rotatable bonds is 4. The van der Waals surface area contributed by atoms with E-state index in [9.17, 15) is 5.11 Å². The van der Waals surface area contributed by atoms with Crippen molar-refractivity contribution < 1.29 is 5.11 Å². The van der Waals surface area contributed by atoms with Gasteiger partial charge in [0.15, 0.2) is 0 Å². The predicted molar refractivity (Wildman–Crippen MR) is 75.1 cm³/mol. The summed E-state index contributed by atoms with van der Waals surface area (Å²) in [6, 6.07) is 3.76. The molecular weight excluding hydrogens is 364 g/mol. The number of aromatic nitrogens is 3. The van der Waals surface area contributed by atoms with Crippen LogP contribution in [-0.4, -0.2) is 19.9 Å². The van der Waals surface area contributed by atoms with E-state index in [2.05, 4.69) is 47.4 Å². The van der Waals surface area contributed by atoms with Gasteiger partial charge in [-0.3, -0.25) is 0 Å². The van der Waals surface area contributed by atoms with Crippen LogP contribution < -0.4 is 5.32 Å². The van der Waals surface area contributed by atoms with Crippen LogP contribution in [0.1, 0.15) is 11.4 Å². The molecule has 0 aliphatic carbocycles. The minimum absolute atomic E-state index is 0.215. The molecule has 0 aliphatic rings. The first-order valence-corrected chi connectivity index (χ1v) is 6.87. The lowest BCUT2D eigenvalue weighted by Crippen LogP contribution is -2.15. The molecule has 5 nitrogen and oxygen atoms in total. The summed E-state index contributed by atoms with van der Waals surface area (Å²) in [5.74, 6) is 1.10. The zero-order chi connectivity index (χ0) is 13.1. The Morgan fingerprint density at radius 3 is 2.50 bits per heavy atom. The van der Waals surface area contributed by atoms with E-state index in [0.717, 1.165) is 11.4 Å². The first kappa shape index (κ1) is 13.5. The highest BCUT2D eigenvalue weighted by Gasteiger charge is 2.06. The number of phenols is 1. The van der Waals surface area contributed by atoms with E-state index in [1.165, 1.54) is 0 Å². The molecule has 96 valence electrons. The summed E-state index contributed by atoms with van der Waals surface area (Å²) in [6.07, 6.45) is 1.67. The van der Waals surface area contributed by atoms with Crippen LogP contribution in [0.2, 0.25) is 0 Å². The maximum atomic E-state index is 9.61. The lowest BCUT2D eigenvalue weighted by molar-refractivity contribution is 0.468. The SMILES string of the molecule is Cn1cnnc1CNCc1cc(Br)c(O)c(Br)c1. The van der Waals surface area contributed by atoms with Crippen LogP contribution in [0.25, 0.3) is 0 Å². The molecule has 2 rings (SSSR count). The third kappa shape index (κ3) is 3.09.